The molecule has 0 radical (unpaired) electrons. The van der Waals surface area contributed by atoms with E-state index in [1.54, 1.807) is 17.5 Å². The van der Waals surface area contributed by atoms with Gasteiger partial charge in [0.25, 0.3) is 0 Å². The molecule has 0 aromatic carbocycles. The van der Waals surface area contributed by atoms with Crippen LogP contribution < -0.4 is 0 Å². The van der Waals surface area contributed by atoms with Crippen LogP contribution >= 0.6 is 11.6 Å². The SMILES string of the molecule is CCOC(=O)c1cn2c(CCl)cccc2n1. The van der Waals surface area contributed by atoms with Gasteiger partial charge in [-0.2, -0.15) is 0 Å². The van der Waals surface area contributed by atoms with Crippen LogP contribution in [0.5, 0.6) is 0 Å². The van der Waals surface area contributed by atoms with Crippen molar-refractivity contribution in [3.63, 3.8) is 0 Å². The summed E-state index contributed by atoms with van der Waals surface area (Å²) in [6.45, 7) is 2.10. The summed E-state index contributed by atoms with van der Waals surface area (Å²) in [5.74, 6) is -0.0394. The van der Waals surface area contributed by atoms with Crippen LogP contribution in [-0.2, 0) is 10.6 Å². The summed E-state index contributed by atoms with van der Waals surface area (Å²) < 4.78 is 6.67. The van der Waals surface area contributed by atoms with Gasteiger partial charge in [-0.25, -0.2) is 9.78 Å². The third-order valence-corrected chi connectivity index (χ3v) is 2.47. The van der Waals surface area contributed by atoms with Gasteiger partial charge >= 0.3 is 5.97 Å². The van der Waals surface area contributed by atoms with E-state index < -0.39 is 5.97 Å². The molecule has 0 aliphatic carbocycles. The zero-order chi connectivity index (χ0) is 11.5. The van der Waals surface area contributed by atoms with Gasteiger partial charge in [0.2, 0.25) is 0 Å². The van der Waals surface area contributed by atoms with Gasteiger partial charge in [0, 0.05) is 11.9 Å². The Hall–Kier alpha value is -1.55. The van der Waals surface area contributed by atoms with E-state index in [1.807, 2.05) is 18.2 Å². The number of imidazole rings is 1. The maximum atomic E-state index is 11.5. The van der Waals surface area contributed by atoms with Gasteiger partial charge in [-0.3, -0.25) is 0 Å². The molecule has 0 amide bonds. The number of hydrogen-bond acceptors (Lipinski definition) is 3. The fraction of sp³-hybridized carbons (Fsp3) is 0.273. The van der Waals surface area contributed by atoms with E-state index in [0.29, 0.717) is 23.8 Å². The minimum atomic E-state index is -0.410. The number of fused-ring (bicyclic) bond motifs is 1. The lowest BCUT2D eigenvalue weighted by Gasteiger charge is -1.98. The second-order valence-corrected chi connectivity index (χ2v) is 3.49. The van der Waals surface area contributed by atoms with E-state index in [9.17, 15) is 4.79 Å². The number of nitrogens with zero attached hydrogens (tertiary/aromatic N) is 2. The third-order valence-electron chi connectivity index (χ3n) is 2.20. The molecule has 5 heteroatoms. The summed E-state index contributed by atoms with van der Waals surface area (Å²) in [6, 6.07) is 5.56. The van der Waals surface area contributed by atoms with E-state index >= 15 is 0 Å². The molecule has 0 saturated heterocycles. The first-order valence-electron chi connectivity index (χ1n) is 4.96. The van der Waals surface area contributed by atoms with Crippen molar-refractivity contribution in [1.29, 1.82) is 0 Å². The number of alkyl halides is 1. The maximum absolute atomic E-state index is 11.5. The summed E-state index contributed by atoms with van der Waals surface area (Å²) >= 11 is 5.79. The van der Waals surface area contributed by atoms with Crippen molar-refractivity contribution < 1.29 is 9.53 Å². The molecule has 0 fully saturated rings. The highest BCUT2D eigenvalue weighted by Gasteiger charge is 2.12. The van der Waals surface area contributed by atoms with Crippen LogP contribution in [0, 0.1) is 0 Å². The molecule has 2 heterocycles. The average Bonchev–Trinajstić information content (AvgIpc) is 2.72. The first-order valence-corrected chi connectivity index (χ1v) is 5.49. The average molecular weight is 239 g/mol. The Morgan fingerprint density at radius 3 is 3.06 bits per heavy atom. The quantitative estimate of drug-likeness (QED) is 0.609. The van der Waals surface area contributed by atoms with E-state index in [1.165, 1.54) is 0 Å². The minimum absolute atomic E-state index is 0.305. The smallest absolute Gasteiger partial charge is 0.358 e. The third kappa shape index (κ3) is 1.88. The van der Waals surface area contributed by atoms with Crippen molar-refractivity contribution in [3.8, 4) is 0 Å². The topological polar surface area (TPSA) is 43.6 Å². The summed E-state index contributed by atoms with van der Waals surface area (Å²) in [4.78, 5) is 15.7. The summed E-state index contributed by atoms with van der Waals surface area (Å²) in [6.07, 6.45) is 1.64. The molecule has 0 bridgehead atoms. The number of esters is 1. The number of hydrogen-bond donors (Lipinski definition) is 0. The van der Waals surface area contributed by atoms with Crippen molar-refractivity contribution in [3.05, 3.63) is 35.8 Å². The van der Waals surface area contributed by atoms with Gasteiger partial charge in [0.05, 0.1) is 12.5 Å². The molecule has 0 unspecified atom stereocenters. The van der Waals surface area contributed by atoms with Crippen LogP contribution in [0.2, 0.25) is 0 Å². The standard InChI is InChI=1S/C11H11ClN2O2/c1-2-16-11(15)9-7-14-8(6-12)4-3-5-10(14)13-9/h3-5,7H,2,6H2,1H3. The number of rotatable bonds is 3. The van der Waals surface area contributed by atoms with Crippen LogP contribution in [-0.4, -0.2) is 22.0 Å². The summed E-state index contributed by atoms with van der Waals surface area (Å²) in [7, 11) is 0. The molecule has 0 atom stereocenters. The number of carbonyl (C=O) groups is 1. The largest absolute Gasteiger partial charge is 0.461 e. The van der Waals surface area contributed by atoms with Crippen LogP contribution in [0.15, 0.2) is 24.4 Å². The monoisotopic (exact) mass is 238 g/mol. The summed E-state index contributed by atoms with van der Waals surface area (Å²) in [5.41, 5.74) is 1.89. The predicted octanol–water partition coefficient (Wildman–Crippen LogP) is 2.25. The predicted molar refractivity (Wildman–Crippen MR) is 60.7 cm³/mol. The molecule has 4 nitrogen and oxygen atoms in total. The Morgan fingerprint density at radius 2 is 2.38 bits per heavy atom. The first-order chi connectivity index (χ1) is 7.76. The van der Waals surface area contributed by atoms with Crippen LogP contribution in [0.1, 0.15) is 23.1 Å². The lowest BCUT2D eigenvalue weighted by atomic mass is 10.4. The second-order valence-electron chi connectivity index (χ2n) is 3.23. The van der Waals surface area contributed by atoms with Crippen LogP contribution in [0.3, 0.4) is 0 Å². The molecule has 0 spiro atoms. The number of carbonyl (C=O) groups excluding carboxylic acids is 1. The lowest BCUT2D eigenvalue weighted by molar-refractivity contribution is 0.0520. The van der Waals surface area contributed by atoms with Crippen LogP contribution in [0.4, 0.5) is 0 Å². The van der Waals surface area contributed by atoms with Gasteiger partial charge < -0.3 is 9.14 Å². The first kappa shape index (κ1) is 11.0. The maximum Gasteiger partial charge on any atom is 0.358 e. The Kier molecular flexibility index (Phi) is 3.10. The molecule has 84 valence electrons. The number of pyridine rings is 1. The molecule has 2 aromatic heterocycles. The zero-order valence-corrected chi connectivity index (χ0v) is 9.57. The highest BCUT2D eigenvalue weighted by atomic mass is 35.5. The fourth-order valence-electron chi connectivity index (χ4n) is 1.48. The second kappa shape index (κ2) is 4.53. The minimum Gasteiger partial charge on any atom is -0.461 e. The number of aromatic nitrogens is 2. The van der Waals surface area contributed by atoms with E-state index in [-0.39, 0.29) is 0 Å². The normalized spacial score (nSPS) is 10.6. The van der Waals surface area contributed by atoms with Crippen molar-refractivity contribution in [2.75, 3.05) is 6.61 Å². The highest BCUT2D eigenvalue weighted by Crippen LogP contribution is 2.11. The number of ether oxygens (including phenoxy) is 1. The van der Waals surface area contributed by atoms with Gasteiger partial charge in [-0.15, -0.1) is 11.6 Å². The Morgan fingerprint density at radius 1 is 1.56 bits per heavy atom. The summed E-state index contributed by atoms with van der Waals surface area (Å²) in [5, 5.41) is 0. The molecule has 16 heavy (non-hydrogen) atoms. The van der Waals surface area contributed by atoms with E-state index in [4.69, 9.17) is 16.3 Å². The van der Waals surface area contributed by atoms with Gasteiger partial charge in [0.15, 0.2) is 5.69 Å². The molecule has 0 aliphatic rings. The molecule has 0 aliphatic heterocycles. The van der Waals surface area contributed by atoms with E-state index in [2.05, 4.69) is 4.98 Å². The molecular formula is C11H11ClN2O2. The Labute approximate surface area is 97.8 Å². The van der Waals surface area contributed by atoms with Crippen molar-refractivity contribution >= 4 is 23.2 Å². The van der Waals surface area contributed by atoms with Gasteiger partial charge in [-0.05, 0) is 19.1 Å². The molecule has 0 saturated carbocycles. The van der Waals surface area contributed by atoms with Crippen LogP contribution in [0.25, 0.3) is 5.65 Å². The Balaban J connectivity index is 2.47. The highest BCUT2D eigenvalue weighted by molar-refractivity contribution is 6.16. The molecule has 0 N–H and O–H groups in total. The fourth-order valence-corrected chi connectivity index (χ4v) is 1.70. The molecule has 2 rings (SSSR count). The van der Waals surface area contributed by atoms with Crippen molar-refractivity contribution in [1.82, 2.24) is 9.38 Å². The van der Waals surface area contributed by atoms with E-state index in [0.717, 1.165) is 5.69 Å². The van der Waals surface area contributed by atoms with Crippen molar-refractivity contribution in [2.24, 2.45) is 0 Å². The lowest BCUT2D eigenvalue weighted by Crippen LogP contribution is -2.04. The molecular weight excluding hydrogens is 228 g/mol. The van der Waals surface area contributed by atoms with Crippen molar-refractivity contribution in [2.45, 2.75) is 12.8 Å². The number of halogens is 1. The zero-order valence-electron chi connectivity index (χ0n) is 8.81. The molecule has 2 aromatic rings. The Bertz CT molecular complexity index is 522. The van der Waals surface area contributed by atoms with Gasteiger partial charge in [-0.1, -0.05) is 6.07 Å². The van der Waals surface area contributed by atoms with Gasteiger partial charge in [0.1, 0.15) is 5.65 Å².